The lowest BCUT2D eigenvalue weighted by Crippen LogP contribution is -2.07. The summed E-state index contributed by atoms with van der Waals surface area (Å²) in [7, 11) is 0. The molecule has 0 spiro atoms. The van der Waals surface area contributed by atoms with Crippen molar-refractivity contribution in [3.8, 4) is 11.1 Å². The molecule has 2 aromatic carbocycles. The first-order valence-corrected chi connectivity index (χ1v) is 5.53. The van der Waals surface area contributed by atoms with Crippen molar-refractivity contribution in [3.63, 3.8) is 0 Å². The summed E-state index contributed by atoms with van der Waals surface area (Å²) in [6.45, 7) is 1.54. The van der Waals surface area contributed by atoms with Gasteiger partial charge in [0, 0.05) is 0 Å². The first-order chi connectivity index (χ1) is 9.20. The van der Waals surface area contributed by atoms with Gasteiger partial charge in [0.05, 0.1) is 5.56 Å². The molecule has 0 heterocycles. The Kier molecular flexibility index (Phi) is 3.50. The van der Waals surface area contributed by atoms with E-state index in [2.05, 4.69) is 0 Å². The highest BCUT2D eigenvalue weighted by Crippen LogP contribution is 2.38. The van der Waals surface area contributed by atoms with E-state index in [0.717, 1.165) is 12.1 Å². The van der Waals surface area contributed by atoms with Gasteiger partial charge in [0.2, 0.25) is 0 Å². The molecule has 2 aromatic rings. The molecule has 0 aromatic heterocycles. The first-order valence-electron chi connectivity index (χ1n) is 5.53. The highest BCUT2D eigenvalue weighted by Gasteiger charge is 2.33. The molecule has 0 aliphatic carbocycles. The van der Waals surface area contributed by atoms with Crippen LogP contribution in [0.4, 0.5) is 26.3 Å². The summed E-state index contributed by atoms with van der Waals surface area (Å²) in [4.78, 5) is 0. The van der Waals surface area contributed by atoms with E-state index >= 15 is 0 Å². The lowest BCUT2D eigenvalue weighted by molar-refractivity contribution is -0.137. The highest BCUT2D eigenvalue weighted by molar-refractivity contribution is 5.69. The van der Waals surface area contributed by atoms with Gasteiger partial charge in [-0.2, -0.15) is 13.2 Å². The lowest BCUT2D eigenvalue weighted by atomic mass is 9.97. The number of alkyl halides is 3. The van der Waals surface area contributed by atoms with Crippen LogP contribution in [0, 0.1) is 24.4 Å². The number of hydrogen-bond acceptors (Lipinski definition) is 0. The molecule has 0 aliphatic rings. The van der Waals surface area contributed by atoms with Crippen LogP contribution >= 0.6 is 0 Å². The quantitative estimate of drug-likeness (QED) is 0.506. The average Bonchev–Trinajstić information content (AvgIpc) is 2.33. The van der Waals surface area contributed by atoms with Gasteiger partial charge in [-0.15, -0.1) is 0 Å². The fourth-order valence-electron chi connectivity index (χ4n) is 1.86. The third-order valence-electron chi connectivity index (χ3n) is 2.78. The van der Waals surface area contributed by atoms with Crippen LogP contribution in [0.25, 0.3) is 11.1 Å². The lowest BCUT2D eigenvalue weighted by Gasteiger charge is -2.14. The zero-order valence-electron chi connectivity index (χ0n) is 10.2. The van der Waals surface area contributed by atoms with Crippen molar-refractivity contribution in [2.24, 2.45) is 0 Å². The van der Waals surface area contributed by atoms with Gasteiger partial charge in [-0.25, -0.2) is 13.2 Å². The second-order valence-corrected chi connectivity index (χ2v) is 4.30. The van der Waals surface area contributed by atoms with Crippen LogP contribution in [-0.2, 0) is 6.18 Å². The third kappa shape index (κ3) is 2.64. The molecule has 0 saturated carbocycles. The molecule has 106 valence electrons. The number of aryl methyl sites for hydroxylation is 1. The number of rotatable bonds is 1. The minimum atomic E-state index is -4.68. The molecule has 0 atom stereocenters. The van der Waals surface area contributed by atoms with Gasteiger partial charge in [0.25, 0.3) is 0 Å². The maximum atomic E-state index is 13.2. The van der Waals surface area contributed by atoms with Crippen LogP contribution in [0.2, 0.25) is 0 Å². The molecule has 2 rings (SSSR count). The summed E-state index contributed by atoms with van der Waals surface area (Å²) in [5, 5.41) is 0. The maximum Gasteiger partial charge on any atom is 0.417 e. The molecule has 0 amide bonds. The molecule has 20 heavy (non-hydrogen) atoms. The topological polar surface area (TPSA) is 0 Å². The Hall–Kier alpha value is -1.98. The fraction of sp³-hybridized carbons (Fsp3) is 0.143. The fourth-order valence-corrected chi connectivity index (χ4v) is 1.86. The van der Waals surface area contributed by atoms with Gasteiger partial charge in [0.1, 0.15) is 0 Å². The molecule has 0 saturated heterocycles. The van der Waals surface area contributed by atoms with Crippen LogP contribution in [0.5, 0.6) is 0 Å². The minimum absolute atomic E-state index is 0.363. The van der Waals surface area contributed by atoms with Crippen molar-refractivity contribution in [1.29, 1.82) is 0 Å². The highest BCUT2D eigenvalue weighted by atomic mass is 19.4. The van der Waals surface area contributed by atoms with Crippen molar-refractivity contribution >= 4 is 0 Å². The summed E-state index contributed by atoms with van der Waals surface area (Å²) in [6, 6.07) is 4.30. The number of hydrogen-bond donors (Lipinski definition) is 0. The van der Waals surface area contributed by atoms with E-state index in [-0.39, 0.29) is 5.56 Å². The minimum Gasteiger partial charge on any atom is -0.204 e. The third-order valence-corrected chi connectivity index (χ3v) is 2.78. The molecule has 0 bridgehead atoms. The predicted molar refractivity (Wildman–Crippen MR) is 61.5 cm³/mol. The van der Waals surface area contributed by atoms with Gasteiger partial charge < -0.3 is 0 Å². The zero-order chi connectivity index (χ0) is 15.1. The molecule has 0 N–H and O–H groups in total. The van der Waals surface area contributed by atoms with E-state index in [1.54, 1.807) is 6.92 Å². The Bertz CT molecular complexity index is 634. The molecule has 0 fully saturated rings. The van der Waals surface area contributed by atoms with Crippen LogP contribution in [-0.4, -0.2) is 0 Å². The zero-order valence-corrected chi connectivity index (χ0v) is 10.2. The molecule has 6 heteroatoms. The smallest absolute Gasteiger partial charge is 0.204 e. The molecule has 0 unspecified atom stereocenters. The number of benzene rings is 2. The maximum absolute atomic E-state index is 13.2. The van der Waals surface area contributed by atoms with Crippen molar-refractivity contribution in [2.45, 2.75) is 13.1 Å². The normalized spacial score (nSPS) is 11.8. The van der Waals surface area contributed by atoms with E-state index < -0.39 is 34.8 Å². The van der Waals surface area contributed by atoms with Crippen molar-refractivity contribution in [1.82, 2.24) is 0 Å². The van der Waals surface area contributed by atoms with Crippen LogP contribution < -0.4 is 0 Å². The largest absolute Gasteiger partial charge is 0.417 e. The van der Waals surface area contributed by atoms with Crippen molar-refractivity contribution in [2.75, 3.05) is 0 Å². The Morgan fingerprint density at radius 2 is 1.40 bits per heavy atom. The summed E-state index contributed by atoms with van der Waals surface area (Å²) in [5.41, 5.74) is -1.31. The second-order valence-electron chi connectivity index (χ2n) is 4.30. The van der Waals surface area contributed by atoms with E-state index in [0.29, 0.717) is 17.7 Å². The van der Waals surface area contributed by atoms with Gasteiger partial charge in [-0.1, -0.05) is 17.7 Å². The summed E-state index contributed by atoms with van der Waals surface area (Å²) in [6.07, 6.45) is -4.68. The van der Waals surface area contributed by atoms with Gasteiger partial charge in [-0.3, -0.25) is 0 Å². The van der Waals surface area contributed by atoms with E-state index in [1.165, 1.54) is 6.07 Å². The Labute approximate surface area is 110 Å². The molecular weight excluding hydrogens is 282 g/mol. The number of halogens is 6. The van der Waals surface area contributed by atoms with Gasteiger partial charge in [0.15, 0.2) is 17.5 Å². The Morgan fingerprint density at radius 3 is 1.90 bits per heavy atom. The summed E-state index contributed by atoms with van der Waals surface area (Å²) < 4.78 is 77.8. The SMILES string of the molecule is Cc1ccc(C(F)(F)F)c(-c2cc(F)c(F)c(F)c2)c1. The van der Waals surface area contributed by atoms with Crippen molar-refractivity contribution in [3.05, 3.63) is 58.9 Å². The second kappa shape index (κ2) is 4.85. The summed E-state index contributed by atoms with van der Waals surface area (Å²) >= 11 is 0. The Morgan fingerprint density at radius 1 is 0.850 bits per heavy atom. The van der Waals surface area contributed by atoms with E-state index in [9.17, 15) is 26.3 Å². The molecular formula is C14H8F6. The van der Waals surface area contributed by atoms with E-state index in [4.69, 9.17) is 0 Å². The van der Waals surface area contributed by atoms with E-state index in [1.807, 2.05) is 0 Å². The van der Waals surface area contributed by atoms with Gasteiger partial charge in [-0.05, 0) is 36.2 Å². The van der Waals surface area contributed by atoms with Crippen LogP contribution in [0.3, 0.4) is 0 Å². The molecule has 0 radical (unpaired) electrons. The summed E-state index contributed by atoms with van der Waals surface area (Å²) in [5.74, 6) is -4.78. The predicted octanol–water partition coefficient (Wildman–Crippen LogP) is 5.10. The van der Waals surface area contributed by atoms with Crippen molar-refractivity contribution < 1.29 is 26.3 Å². The van der Waals surface area contributed by atoms with Gasteiger partial charge >= 0.3 is 6.18 Å². The monoisotopic (exact) mass is 290 g/mol. The average molecular weight is 290 g/mol. The standard InChI is InChI=1S/C14H8F6/c1-7-2-3-10(14(18,19)20)9(4-7)8-5-11(15)13(17)12(16)6-8/h2-6H,1H3. The molecule has 0 nitrogen and oxygen atoms in total. The molecule has 0 aliphatic heterocycles. The van der Waals surface area contributed by atoms with Crippen LogP contribution in [0.15, 0.2) is 30.3 Å². The van der Waals surface area contributed by atoms with Crippen LogP contribution in [0.1, 0.15) is 11.1 Å². The Balaban J connectivity index is 2.72. The first kappa shape index (κ1) is 14.4.